The van der Waals surface area contributed by atoms with Gasteiger partial charge in [-0.1, -0.05) is 39.0 Å². The molecule has 0 radical (unpaired) electrons. The van der Waals surface area contributed by atoms with Crippen molar-refractivity contribution in [3.8, 4) is 10.4 Å². The van der Waals surface area contributed by atoms with Crippen LogP contribution in [-0.4, -0.2) is 46.2 Å². The number of hydrogen-bond acceptors (Lipinski definition) is 4. The molecule has 3 rings (SSSR count). The Kier molecular flexibility index (Phi) is 5.84. The summed E-state index contributed by atoms with van der Waals surface area (Å²) in [5, 5.41) is 9.69. The minimum atomic E-state index is -0.824. The van der Waals surface area contributed by atoms with Crippen molar-refractivity contribution in [2.45, 2.75) is 46.3 Å². The van der Waals surface area contributed by atoms with Crippen LogP contribution in [0.4, 0.5) is 4.79 Å². The third-order valence-electron chi connectivity index (χ3n) is 6.10. The van der Waals surface area contributed by atoms with Crippen LogP contribution >= 0.6 is 11.3 Å². The second kappa shape index (κ2) is 7.85. The van der Waals surface area contributed by atoms with E-state index in [4.69, 9.17) is 5.73 Å². The summed E-state index contributed by atoms with van der Waals surface area (Å²) in [6, 6.07) is 12.7. The van der Waals surface area contributed by atoms with Crippen LogP contribution in [0.2, 0.25) is 0 Å². The van der Waals surface area contributed by atoms with Gasteiger partial charge >= 0.3 is 6.09 Å². The minimum Gasteiger partial charge on any atom is -0.465 e. The lowest BCUT2D eigenvalue weighted by Crippen LogP contribution is -2.67. The van der Waals surface area contributed by atoms with Gasteiger partial charge < -0.3 is 10.8 Å². The Morgan fingerprint density at radius 2 is 2.00 bits per heavy atom. The fourth-order valence-corrected chi connectivity index (χ4v) is 4.91. The van der Waals surface area contributed by atoms with E-state index in [-0.39, 0.29) is 5.41 Å². The predicted octanol–water partition coefficient (Wildman–Crippen LogP) is 4.47. The van der Waals surface area contributed by atoms with Crippen LogP contribution in [0.3, 0.4) is 0 Å². The zero-order valence-electron chi connectivity index (χ0n) is 17.2. The molecular weight excluding hydrogens is 370 g/mol. The van der Waals surface area contributed by atoms with Crippen LogP contribution in [0.5, 0.6) is 0 Å². The second-order valence-electron chi connectivity index (χ2n) is 8.84. The zero-order chi connectivity index (χ0) is 20.5. The summed E-state index contributed by atoms with van der Waals surface area (Å²) in [6.45, 7) is 11.9. The summed E-state index contributed by atoms with van der Waals surface area (Å²) in [7, 11) is 0. The third kappa shape index (κ3) is 4.09. The number of piperazine rings is 1. The van der Waals surface area contributed by atoms with Crippen molar-refractivity contribution in [3.63, 3.8) is 0 Å². The predicted molar refractivity (Wildman–Crippen MR) is 116 cm³/mol. The molecule has 2 heterocycles. The lowest BCUT2D eigenvalue weighted by molar-refractivity contribution is -0.0459. The van der Waals surface area contributed by atoms with E-state index in [9.17, 15) is 9.90 Å². The number of carbonyl (C=O) groups is 1. The molecule has 1 saturated heterocycles. The van der Waals surface area contributed by atoms with Crippen molar-refractivity contribution in [1.29, 1.82) is 0 Å². The van der Waals surface area contributed by atoms with Crippen molar-refractivity contribution in [1.82, 2.24) is 9.80 Å². The number of thiophene rings is 1. The second-order valence-corrected chi connectivity index (χ2v) is 10.0. The van der Waals surface area contributed by atoms with E-state index in [0.717, 1.165) is 25.2 Å². The Balaban J connectivity index is 1.76. The van der Waals surface area contributed by atoms with Gasteiger partial charge in [0.15, 0.2) is 0 Å². The van der Waals surface area contributed by atoms with E-state index in [1.807, 2.05) is 6.07 Å². The van der Waals surface area contributed by atoms with Crippen molar-refractivity contribution >= 4 is 17.4 Å². The van der Waals surface area contributed by atoms with Gasteiger partial charge in [0.05, 0.1) is 5.54 Å². The average Bonchev–Trinajstić information content (AvgIpc) is 3.09. The van der Waals surface area contributed by atoms with Gasteiger partial charge in [0, 0.05) is 42.5 Å². The summed E-state index contributed by atoms with van der Waals surface area (Å²) in [4.78, 5) is 18.3. The monoisotopic (exact) mass is 401 g/mol. The Labute approximate surface area is 171 Å². The van der Waals surface area contributed by atoms with Crippen molar-refractivity contribution in [2.24, 2.45) is 11.1 Å². The maximum absolute atomic E-state index is 11.8. The summed E-state index contributed by atoms with van der Waals surface area (Å²) < 4.78 is 0. The van der Waals surface area contributed by atoms with Gasteiger partial charge in [-0.15, -0.1) is 11.3 Å². The molecule has 5 nitrogen and oxygen atoms in total. The number of amides is 1. The molecule has 1 aliphatic rings. The van der Waals surface area contributed by atoms with Crippen molar-refractivity contribution in [3.05, 3.63) is 46.8 Å². The van der Waals surface area contributed by atoms with Crippen LogP contribution in [0.15, 0.2) is 36.4 Å². The summed E-state index contributed by atoms with van der Waals surface area (Å²) in [5.74, 6) is 0. The summed E-state index contributed by atoms with van der Waals surface area (Å²) in [6.07, 6.45) is -0.824. The molecule has 0 aliphatic carbocycles. The Morgan fingerprint density at radius 3 is 2.64 bits per heavy atom. The zero-order valence-corrected chi connectivity index (χ0v) is 18.1. The molecule has 0 bridgehead atoms. The number of benzene rings is 1. The first-order valence-electron chi connectivity index (χ1n) is 9.75. The van der Waals surface area contributed by atoms with Crippen molar-refractivity contribution in [2.75, 3.05) is 19.6 Å². The molecule has 6 heteroatoms. The highest BCUT2D eigenvalue weighted by Gasteiger charge is 2.48. The molecule has 28 heavy (non-hydrogen) atoms. The first-order chi connectivity index (χ1) is 13.1. The van der Waals surface area contributed by atoms with E-state index in [1.165, 1.54) is 15.3 Å². The van der Waals surface area contributed by atoms with Crippen LogP contribution in [-0.2, 0) is 13.1 Å². The molecule has 0 spiro atoms. The number of hydrogen-bond donors (Lipinski definition) is 2. The van der Waals surface area contributed by atoms with Gasteiger partial charge in [-0.25, -0.2) is 4.79 Å². The summed E-state index contributed by atoms with van der Waals surface area (Å²) in [5.41, 5.74) is 7.54. The largest absolute Gasteiger partial charge is 0.465 e. The number of nitrogens with two attached hydrogens (primary N) is 1. The van der Waals surface area contributed by atoms with E-state index in [2.05, 4.69) is 62.9 Å². The van der Waals surface area contributed by atoms with Gasteiger partial charge in [0.1, 0.15) is 0 Å². The van der Waals surface area contributed by atoms with Crippen LogP contribution in [0.1, 0.15) is 38.1 Å². The lowest BCUT2D eigenvalue weighted by atomic mass is 9.72. The van der Waals surface area contributed by atoms with E-state index in [0.29, 0.717) is 13.1 Å². The number of rotatable bonds is 4. The van der Waals surface area contributed by atoms with Crippen LogP contribution < -0.4 is 5.73 Å². The lowest BCUT2D eigenvalue weighted by Gasteiger charge is -2.54. The summed E-state index contributed by atoms with van der Waals surface area (Å²) >= 11 is 1.80. The average molecular weight is 402 g/mol. The fraction of sp³-hybridized carbons (Fsp3) is 0.500. The van der Waals surface area contributed by atoms with E-state index >= 15 is 0 Å². The molecule has 2 aromatic rings. The highest BCUT2D eigenvalue weighted by atomic mass is 32.1. The third-order valence-corrected chi connectivity index (χ3v) is 7.22. The van der Waals surface area contributed by atoms with Gasteiger partial charge in [-0.3, -0.25) is 9.80 Å². The number of nitrogens with zero attached hydrogens (tertiary/aromatic N) is 2. The molecule has 1 aromatic heterocycles. The minimum absolute atomic E-state index is 0.146. The number of carboxylic acid groups (broad SMARTS) is 1. The van der Waals surface area contributed by atoms with Crippen molar-refractivity contribution < 1.29 is 9.90 Å². The van der Waals surface area contributed by atoms with E-state index < -0.39 is 11.6 Å². The molecule has 0 unspecified atom stereocenters. The molecular formula is C22H31N3O2S. The van der Waals surface area contributed by atoms with Gasteiger partial charge in [-0.2, -0.15) is 0 Å². The van der Waals surface area contributed by atoms with Gasteiger partial charge in [0.2, 0.25) is 0 Å². The SMILES string of the molecule is CC(C)(C)[C@@]1(C)CN(Cc2ccc(-c3cccc(CN)c3)s2)CCN1C(=O)O. The molecule has 3 N–H and O–H groups in total. The van der Waals surface area contributed by atoms with E-state index in [1.54, 1.807) is 16.2 Å². The van der Waals surface area contributed by atoms with Crippen LogP contribution in [0.25, 0.3) is 10.4 Å². The quantitative estimate of drug-likeness (QED) is 0.793. The Hall–Kier alpha value is -1.89. The standard InChI is InChI=1S/C22H31N3O2S/c1-21(2,3)22(4)15-24(10-11-25(22)20(26)27)14-18-8-9-19(28-18)17-7-5-6-16(12-17)13-23/h5-9,12H,10-11,13-15,23H2,1-4H3,(H,26,27)/t22-/m1/s1. The highest BCUT2D eigenvalue weighted by Crippen LogP contribution is 2.39. The molecule has 1 aliphatic heterocycles. The maximum Gasteiger partial charge on any atom is 0.407 e. The topological polar surface area (TPSA) is 69.8 Å². The Bertz CT molecular complexity index is 842. The highest BCUT2D eigenvalue weighted by molar-refractivity contribution is 7.15. The van der Waals surface area contributed by atoms with Gasteiger partial charge in [-0.05, 0) is 41.7 Å². The molecule has 1 aromatic carbocycles. The molecule has 1 fully saturated rings. The van der Waals surface area contributed by atoms with Crippen LogP contribution in [0, 0.1) is 5.41 Å². The van der Waals surface area contributed by atoms with Gasteiger partial charge in [0.25, 0.3) is 0 Å². The first kappa shape index (κ1) is 20.8. The fourth-order valence-electron chi connectivity index (χ4n) is 3.86. The molecule has 1 atom stereocenters. The molecule has 1 amide bonds. The maximum atomic E-state index is 11.8. The first-order valence-corrected chi connectivity index (χ1v) is 10.6. The smallest absolute Gasteiger partial charge is 0.407 e. The Morgan fingerprint density at radius 1 is 1.25 bits per heavy atom. The molecule has 0 saturated carbocycles. The normalized spacial score (nSPS) is 21.1. The molecule has 152 valence electrons.